The molecule has 2 aromatic rings. The molecule has 3 aliphatic rings. The predicted molar refractivity (Wildman–Crippen MR) is 112 cm³/mol. The quantitative estimate of drug-likeness (QED) is 0.542. The Morgan fingerprint density at radius 2 is 1.66 bits per heavy atom. The third-order valence-corrected chi connectivity index (χ3v) is 5.78. The Morgan fingerprint density at radius 3 is 2.31 bits per heavy atom. The van der Waals surface area contributed by atoms with Gasteiger partial charge in [-0.1, -0.05) is 54.6 Å². The van der Waals surface area contributed by atoms with Gasteiger partial charge in [-0.2, -0.15) is 4.98 Å². The van der Waals surface area contributed by atoms with E-state index in [1.54, 1.807) is 6.07 Å². The zero-order valence-electron chi connectivity index (χ0n) is 15.8. The van der Waals surface area contributed by atoms with Gasteiger partial charge in [0.2, 0.25) is 5.89 Å². The zero-order valence-corrected chi connectivity index (χ0v) is 15.8. The summed E-state index contributed by atoms with van der Waals surface area (Å²) in [5.74, 6) is 0.619. The molecule has 5 heteroatoms. The number of hydrogen-bond donors (Lipinski definition) is 2. The normalized spacial score (nSPS) is 15.2. The molecule has 0 amide bonds. The molecule has 2 heterocycles. The first-order valence-electron chi connectivity index (χ1n) is 9.67. The van der Waals surface area contributed by atoms with Crippen molar-refractivity contribution in [3.05, 3.63) is 82.6 Å². The SMILES string of the molecule is NC1(c2ccc(-c3c(-c4ccccc4)oc4nc(=O)ccc-4c3O)cc2)CCC1. The Hall–Kier alpha value is -3.44. The van der Waals surface area contributed by atoms with Crippen molar-refractivity contribution in [3.63, 3.8) is 0 Å². The van der Waals surface area contributed by atoms with Gasteiger partial charge in [-0.05, 0) is 36.5 Å². The van der Waals surface area contributed by atoms with Gasteiger partial charge in [-0.3, -0.25) is 4.79 Å². The lowest BCUT2D eigenvalue weighted by Crippen LogP contribution is -2.43. The van der Waals surface area contributed by atoms with Crippen LogP contribution in [0, 0.1) is 0 Å². The van der Waals surface area contributed by atoms with Crippen LogP contribution in [0.25, 0.3) is 33.9 Å². The molecule has 0 radical (unpaired) electrons. The van der Waals surface area contributed by atoms with Crippen molar-refractivity contribution < 1.29 is 9.52 Å². The second-order valence-corrected chi connectivity index (χ2v) is 7.61. The number of nitrogens with zero attached hydrogens (tertiary/aromatic N) is 1. The topological polar surface area (TPSA) is 89.4 Å². The van der Waals surface area contributed by atoms with Crippen LogP contribution in [0.5, 0.6) is 5.75 Å². The first-order chi connectivity index (χ1) is 14.0. The van der Waals surface area contributed by atoms with Gasteiger partial charge >= 0.3 is 0 Å². The van der Waals surface area contributed by atoms with Gasteiger partial charge in [0.05, 0.1) is 11.1 Å². The minimum atomic E-state index is -0.412. The van der Waals surface area contributed by atoms with E-state index in [-0.39, 0.29) is 17.2 Å². The first-order valence-corrected chi connectivity index (χ1v) is 9.67. The average molecular weight is 384 g/mol. The van der Waals surface area contributed by atoms with Gasteiger partial charge in [0.1, 0.15) is 11.5 Å². The second kappa shape index (κ2) is 6.57. The van der Waals surface area contributed by atoms with Crippen molar-refractivity contribution >= 4 is 0 Å². The molecule has 1 aliphatic carbocycles. The summed E-state index contributed by atoms with van der Waals surface area (Å²) in [7, 11) is 0. The Labute approximate surface area is 167 Å². The number of nitrogens with two attached hydrogens (primary N) is 1. The molecule has 0 saturated heterocycles. The molecular formula is C24H20N2O3. The number of aromatic hydroxyl groups is 1. The van der Waals surface area contributed by atoms with E-state index >= 15 is 0 Å². The van der Waals surface area contributed by atoms with Crippen LogP contribution in [0.4, 0.5) is 0 Å². The molecule has 0 spiro atoms. The fourth-order valence-corrected chi connectivity index (χ4v) is 3.95. The Morgan fingerprint density at radius 1 is 0.931 bits per heavy atom. The minimum absolute atomic E-state index is 0.0384. The van der Waals surface area contributed by atoms with Crippen LogP contribution < -0.4 is 11.3 Å². The van der Waals surface area contributed by atoms with Gasteiger partial charge in [-0.25, -0.2) is 0 Å². The highest BCUT2D eigenvalue weighted by molar-refractivity contribution is 5.89. The Bertz CT molecular complexity index is 1210. The Balaban J connectivity index is 1.74. The molecule has 2 aromatic carbocycles. The van der Waals surface area contributed by atoms with Crippen LogP contribution in [0.3, 0.4) is 0 Å². The standard InChI is InChI=1S/C24H20N2O3/c25-24(13-4-14-24)17-9-7-15(8-10-17)20-21(28)18-11-12-19(27)26-23(18)29-22(20)16-5-2-1-3-6-16/h1-3,5-12,28H,4,13-14,25H2. The van der Waals surface area contributed by atoms with Crippen LogP contribution in [-0.2, 0) is 5.54 Å². The molecule has 1 fully saturated rings. The van der Waals surface area contributed by atoms with Crippen LogP contribution in [0.2, 0.25) is 0 Å². The number of hydrogen-bond acceptors (Lipinski definition) is 5. The lowest BCUT2D eigenvalue weighted by atomic mass is 9.72. The molecule has 0 aromatic heterocycles. The molecule has 5 nitrogen and oxygen atoms in total. The van der Waals surface area contributed by atoms with Crippen LogP contribution in [-0.4, -0.2) is 10.1 Å². The number of aromatic nitrogens is 1. The smallest absolute Gasteiger partial charge is 0.273 e. The maximum Gasteiger partial charge on any atom is 0.273 e. The van der Waals surface area contributed by atoms with E-state index in [4.69, 9.17) is 10.2 Å². The van der Waals surface area contributed by atoms with E-state index in [9.17, 15) is 9.90 Å². The first kappa shape index (κ1) is 17.6. The zero-order chi connectivity index (χ0) is 20.0. The number of fused-ring (bicyclic) bond motifs is 1. The minimum Gasteiger partial charge on any atom is -0.506 e. The maximum absolute atomic E-state index is 11.7. The summed E-state index contributed by atoms with van der Waals surface area (Å²) in [5, 5.41) is 11.1. The third kappa shape index (κ3) is 2.91. The van der Waals surface area contributed by atoms with Crippen molar-refractivity contribution in [2.45, 2.75) is 24.8 Å². The van der Waals surface area contributed by atoms with E-state index < -0.39 is 5.56 Å². The molecular weight excluding hydrogens is 364 g/mol. The largest absolute Gasteiger partial charge is 0.506 e. The molecule has 5 rings (SSSR count). The van der Waals surface area contributed by atoms with E-state index in [1.807, 2.05) is 54.6 Å². The summed E-state index contributed by atoms with van der Waals surface area (Å²) < 4.78 is 6.03. The van der Waals surface area contributed by atoms with Crippen LogP contribution in [0.1, 0.15) is 24.8 Å². The molecule has 2 aliphatic heterocycles. The summed E-state index contributed by atoms with van der Waals surface area (Å²) in [4.78, 5) is 15.6. The molecule has 1 saturated carbocycles. The van der Waals surface area contributed by atoms with Gasteiger partial charge in [0.15, 0.2) is 0 Å². The molecule has 0 bridgehead atoms. The fourth-order valence-electron chi connectivity index (χ4n) is 3.95. The average Bonchev–Trinajstić information content (AvgIpc) is 2.72. The Kier molecular flexibility index (Phi) is 4.00. The van der Waals surface area contributed by atoms with Gasteiger partial charge in [0.25, 0.3) is 5.56 Å². The summed E-state index contributed by atoms with van der Waals surface area (Å²) in [5.41, 5.74) is 9.45. The maximum atomic E-state index is 11.7. The van der Waals surface area contributed by atoms with Crippen LogP contribution in [0.15, 0.2) is 75.9 Å². The molecule has 0 unspecified atom stereocenters. The van der Waals surface area contributed by atoms with Gasteiger partial charge in [-0.15, -0.1) is 0 Å². The predicted octanol–water partition coefficient (Wildman–Crippen LogP) is 4.52. The monoisotopic (exact) mass is 384 g/mol. The highest BCUT2D eigenvalue weighted by Gasteiger charge is 2.34. The lowest BCUT2D eigenvalue weighted by Gasteiger charge is -2.38. The third-order valence-electron chi connectivity index (χ3n) is 5.78. The summed E-state index contributed by atoms with van der Waals surface area (Å²) in [6.07, 6.45) is 3.12. The molecule has 29 heavy (non-hydrogen) atoms. The van der Waals surface area contributed by atoms with Crippen molar-refractivity contribution in [1.29, 1.82) is 0 Å². The highest BCUT2D eigenvalue weighted by Crippen LogP contribution is 2.46. The van der Waals surface area contributed by atoms with Gasteiger partial charge in [0, 0.05) is 17.2 Å². The molecule has 144 valence electrons. The second-order valence-electron chi connectivity index (χ2n) is 7.61. The summed E-state index contributed by atoms with van der Waals surface area (Å²) in [6, 6.07) is 20.3. The van der Waals surface area contributed by atoms with E-state index in [2.05, 4.69) is 4.98 Å². The molecule has 3 N–H and O–H groups in total. The van der Waals surface area contributed by atoms with E-state index in [1.165, 1.54) is 6.07 Å². The van der Waals surface area contributed by atoms with Gasteiger partial charge < -0.3 is 15.3 Å². The van der Waals surface area contributed by atoms with Crippen LogP contribution >= 0.6 is 0 Å². The van der Waals surface area contributed by atoms with Crippen molar-refractivity contribution in [2.24, 2.45) is 5.73 Å². The van der Waals surface area contributed by atoms with Crippen molar-refractivity contribution in [3.8, 4) is 39.7 Å². The summed E-state index contributed by atoms with van der Waals surface area (Å²) >= 11 is 0. The summed E-state index contributed by atoms with van der Waals surface area (Å²) in [6.45, 7) is 0. The highest BCUT2D eigenvalue weighted by atomic mass is 16.4. The lowest BCUT2D eigenvalue weighted by molar-refractivity contribution is 0.253. The van der Waals surface area contributed by atoms with Crippen molar-refractivity contribution in [2.75, 3.05) is 0 Å². The van der Waals surface area contributed by atoms with E-state index in [0.717, 1.165) is 36.0 Å². The number of benzene rings is 2. The number of rotatable bonds is 3. The van der Waals surface area contributed by atoms with Crippen molar-refractivity contribution in [1.82, 2.24) is 4.98 Å². The molecule has 0 atom stereocenters. The van der Waals surface area contributed by atoms with E-state index in [0.29, 0.717) is 16.9 Å². The number of pyridine rings is 1. The fraction of sp³-hybridized carbons (Fsp3) is 0.167.